The Kier molecular flexibility index (Phi) is 7.41. The summed E-state index contributed by atoms with van der Waals surface area (Å²) in [6.07, 6.45) is 4.54. The lowest BCUT2D eigenvalue weighted by molar-refractivity contribution is -0.123. The number of carbonyl (C=O) groups is 1. The van der Waals surface area contributed by atoms with Gasteiger partial charge in [0.15, 0.2) is 0 Å². The molecule has 0 radical (unpaired) electrons. The van der Waals surface area contributed by atoms with Crippen LogP contribution >= 0.6 is 0 Å². The molecule has 8 nitrogen and oxygen atoms in total. The number of H-pyrrole nitrogens is 1. The zero-order valence-electron chi connectivity index (χ0n) is 16.5. The molecule has 2 heterocycles. The maximum Gasteiger partial charge on any atom is 0.252 e. The molecule has 0 saturated carbocycles. The molecule has 0 fully saturated rings. The molecule has 28 heavy (non-hydrogen) atoms. The zero-order valence-corrected chi connectivity index (χ0v) is 16.5. The Bertz CT molecular complexity index is 751. The van der Waals surface area contributed by atoms with Crippen LogP contribution in [0.3, 0.4) is 0 Å². The van der Waals surface area contributed by atoms with E-state index in [9.17, 15) is 4.79 Å². The molecular formula is C20H28N4O4. The minimum absolute atomic E-state index is 0.0269. The van der Waals surface area contributed by atoms with E-state index in [2.05, 4.69) is 27.0 Å². The molecule has 1 N–H and O–H groups in total. The Morgan fingerprint density at radius 3 is 2.86 bits per heavy atom. The molecule has 0 atom stereocenters. The SMILES string of the molecule is COCCOCCOCC(=O)N(C)c1ccc2c(c1)N(Cc1cnc[nH]1)CC2. The molecule has 1 amide bonds. The van der Waals surface area contributed by atoms with Crippen LogP contribution in [0.5, 0.6) is 0 Å². The highest BCUT2D eigenvalue weighted by atomic mass is 16.5. The standard InChI is InChI=1S/C20H28N4O4/c1-23(20(25)14-28-10-9-27-8-7-26-2)18-4-3-16-5-6-24(19(16)11-18)13-17-12-21-15-22-17/h3-4,11-12,15H,5-10,13-14H2,1-2H3,(H,21,22). The summed E-state index contributed by atoms with van der Waals surface area (Å²) >= 11 is 0. The highest BCUT2D eigenvalue weighted by molar-refractivity contribution is 5.94. The fourth-order valence-corrected chi connectivity index (χ4v) is 3.15. The normalized spacial score (nSPS) is 13.0. The van der Waals surface area contributed by atoms with Gasteiger partial charge >= 0.3 is 0 Å². The molecule has 1 aliphatic rings. The Balaban J connectivity index is 1.51. The summed E-state index contributed by atoms with van der Waals surface area (Å²) in [7, 11) is 3.40. The molecule has 0 saturated heterocycles. The van der Waals surface area contributed by atoms with Gasteiger partial charge in [0.25, 0.3) is 5.91 Å². The smallest absolute Gasteiger partial charge is 0.252 e. The second-order valence-electron chi connectivity index (χ2n) is 6.67. The van der Waals surface area contributed by atoms with Crippen molar-refractivity contribution in [2.75, 3.05) is 63.5 Å². The van der Waals surface area contributed by atoms with Crippen molar-refractivity contribution in [3.05, 3.63) is 42.0 Å². The predicted molar refractivity (Wildman–Crippen MR) is 107 cm³/mol. The van der Waals surface area contributed by atoms with Crippen molar-refractivity contribution >= 4 is 17.3 Å². The third-order valence-corrected chi connectivity index (χ3v) is 4.77. The second kappa shape index (κ2) is 10.2. The van der Waals surface area contributed by atoms with Gasteiger partial charge in [-0.05, 0) is 24.1 Å². The van der Waals surface area contributed by atoms with Gasteiger partial charge in [0.05, 0.1) is 45.0 Å². The molecule has 1 aromatic carbocycles. The molecule has 0 unspecified atom stereocenters. The van der Waals surface area contributed by atoms with Crippen molar-refractivity contribution in [3.63, 3.8) is 0 Å². The minimum atomic E-state index is -0.0880. The number of nitrogens with zero attached hydrogens (tertiary/aromatic N) is 3. The van der Waals surface area contributed by atoms with Crippen LogP contribution in [0.15, 0.2) is 30.7 Å². The molecule has 0 bridgehead atoms. The summed E-state index contributed by atoms with van der Waals surface area (Å²) in [4.78, 5) is 23.6. The number of amides is 1. The van der Waals surface area contributed by atoms with Crippen LogP contribution < -0.4 is 9.80 Å². The van der Waals surface area contributed by atoms with Crippen LogP contribution in [0.2, 0.25) is 0 Å². The number of imidazole rings is 1. The first-order chi connectivity index (χ1) is 13.7. The topological polar surface area (TPSA) is 79.9 Å². The Hall–Kier alpha value is -2.42. The molecule has 0 aliphatic carbocycles. The third-order valence-electron chi connectivity index (χ3n) is 4.77. The van der Waals surface area contributed by atoms with Crippen molar-refractivity contribution in [2.24, 2.45) is 0 Å². The van der Waals surface area contributed by atoms with E-state index in [0.717, 1.165) is 30.9 Å². The molecule has 2 aromatic rings. The fraction of sp³-hybridized carbons (Fsp3) is 0.500. The van der Waals surface area contributed by atoms with Crippen molar-refractivity contribution in [3.8, 4) is 0 Å². The number of aromatic nitrogens is 2. The number of carbonyl (C=O) groups excluding carboxylic acids is 1. The number of rotatable bonds is 11. The largest absolute Gasteiger partial charge is 0.382 e. The molecule has 1 aromatic heterocycles. The number of nitrogens with one attached hydrogen (secondary N) is 1. The molecular weight excluding hydrogens is 360 g/mol. The number of anilines is 2. The van der Waals surface area contributed by atoms with Crippen LogP contribution in [-0.2, 0) is 32.0 Å². The van der Waals surface area contributed by atoms with E-state index < -0.39 is 0 Å². The molecule has 0 spiro atoms. The first-order valence-electron chi connectivity index (χ1n) is 9.45. The number of aromatic amines is 1. The van der Waals surface area contributed by atoms with E-state index in [1.54, 1.807) is 25.4 Å². The van der Waals surface area contributed by atoms with Gasteiger partial charge < -0.3 is 29.0 Å². The lowest BCUT2D eigenvalue weighted by Gasteiger charge is -2.22. The first kappa shape index (κ1) is 20.3. The van der Waals surface area contributed by atoms with E-state index >= 15 is 0 Å². The van der Waals surface area contributed by atoms with Crippen LogP contribution in [0.25, 0.3) is 0 Å². The van der Waals surface area contributed by atoms with E-state index in [-0.39, 0.29) is 12.5 Å². The number of hydrogen-bond donors (Lipinski definition) is 1. The summed E-state index contributed by atoms with van der Waals surface area (Å²) < 4.78 is 15.6. The van der Waals surface area contributed by atoms with E-state index in [0.29, 0.717) is 26.4 Å². The number of likely N-dealkylation sites (N-methyl/N-ethyl adjacent to an activating group) is 1. The number of methoxy groups -OCH3 is 1. The first-order valence-corrected chi connectivity index (χ1v) is 9.45. The van der Waals surface area contributed by atoms with Gasteiger partial charge in [-0.25, -0.2) is 4.98 Å². The maximum atomic E-state index is 12.4. The van der Waals surface area contributed by atoms with E-state index in [1.165, 1.54) is 11.3 Å². The zero-order chi connectivity index (χ0) is 19.8. The second-order valence-corrected chi connectivity index (χ2v) is 6.67. The summed E-state index contributed by atoms with van der Waals surface area (Å²) in [5.41, 5.74) is 4.40. The quantitative estimate of drug-likeness (QED) is 0.589. The van der Waals surface area contributed by atoms with Crippen molar-refractivity contribution < 1.29 is 19.0 Å². The van der Waals surface area contributed by atoms with Crippen molar-refractivity contribution in [1.82, 2.24) is 9.97 Å². The van der Waals surface area contributed by atoms with Crippen molar-refractivity contribution in [1.29, 1.82) is 0 Å². The molecule has 152 valence electrons. The number of fused-ring (bicyclic) bond motifs is 1. The van der Waals surface area contributed by atoms with Crippen LogP contribution in [0.4, 0.5) is 11.4 Å². The van der Waals surface area contributed by atoms with Crippen LogP contribution in [-0.4, -0.2) is 69.6 Å². The van der Waals surface area contributed by atoms with Gasteiger partial charge in [-0.3, -0.25) is 4.79 Å². The Morgan fingerprint density at radius 1 is 1.25 bits per heavy atom. The number of benzene rings is 1. The van der Waals surface area contributed by atoms with E-state index in [4.69, 9.17) is 14.2 Å². The van der Waals surface area contributed by atoms with Crippen molar-refractivity contribution in [2.45, 2.75) is 13.0 Å². The summed E-state index contributed by atoms with van der Waals surface area (Å²) in [5.74, 6) is -0.0880. The summed E-state index contributed by atoms with van der Waals surface area (Å²) in [6.45, 7) is 3.67. The summed E-state index contributed by atoms with van der Waals surface area (Å²) in [6, 6.07) is 6.17. The van der Waals surface area contributed by atoms with Gasteiger partial charge in [-0.15, -0.1) is 0 Å². The monoisotopic (exact) mass is 388 g/mol. The molecule has 1 aliphatic heterocycles. The van der Waals surface area contributed by atoms with Crippen LogP contribution in [0, 0.1) is 0 Å². The number of hydrogen-bond acceptors (Lipinski definition) is 6. The molecule has 8 heteroatoms. The maximum absolute atomic E-state index is 12.4. The number of ether oxygens (including phenoxy) is 3. The predicted octanol–water partition coefficient (Wildman–Crippen LogP) is 1.61. The van der Waals surface area contributed by atoms with E-state index in [1.807, 2.05) is 12.3 Å². The summed E-state index contributed by atoms with van der Waals surface area (Å²) in [5, 5.41) is 0. The average Bonchev–Trinajstić information content (AvgIpc) is 3.36. The average molecular weight is 388 g/mol. The lowest BCUT2D eigenvalue weighted by Crippen LogP contribution is -2.30. The van der Waals surface area contributed by atoms with Gasteiger partial charge in [-0.2, -0.15) is 0 Å². The van der Waals surface area contributed by atoms with Gasteiger partial charge in [0.2, 0.25) is 0 Å². The Morgan fingerprint density at radius 2 is 2.07 bits per heavy atom. The minimum Gasteiger partial charge on any atom is -0.382 e. The van der Waals surface area contributed by atoms with Gasteiger partial charge in [0.1, 0.15) is 6.61 Å². The third kappa shape index (κ3) is 5.31. The molecule has 3 rings (SSSR count). The fourth-order valence-electron chi connectivity index (χ4n) is 3.15. The lowest BCUT2D eigenvalue weighted by atomic mass is 10.1. The van der Waals surface area contributed by atoms with Gasteiger partial charge in [-0.1, -0.05) is 6.07 Å². The Labute approximate surface area is 165 Å². The highest BCUT2D eigenvalue weighted by Crippen LogP contribution is 2.32. The van der Waals surface area contributed by atoms with Gasteiger partial charge in [0, 0.05) is 38.3 Å². The highest BCUT2D eigenvalue weighted by Gasteiger charge is 2.21. The van der Waals surface area contributed by atoms with Crippen LogP contribution in [0.1, 0.15) is 11.3 Å².